The van der Waals surface area contributed by atoms with Crippen LogP contribution in [0.2, 0.25) is 0 Å². The van der Waals surface area contributed by atoms with Crippen LogP contribution < -0.4 is 0 Å². The summed E-state index contributed by atoms with van der Waals surface area (Å²) in [6, 6.07) is 12.7. The molecule has 0 atom stereocenters. The Labute approximate surface area is 206 Å². The number of hydrogen-bond donors (Lipinski definition) is 0. The van der Waals surface area contributed by atoms with E-state index in [2.05, 4.69) is 4.98 Å². The highest BCUT2D eigenvalue weighted by Crippen LogP contribution is 2.20. The van der Waals surface area contributed by atoms with E-state index in [1.807, 2.05) is 32.9 Å². The molecule has 0 bridgehead atoms. The summed E-state index contributed by atoms with van der Waals surface area (Å²) >= 11 is 0. The van der Waals surface area contributed by atoms with E-state index in [0.717, 1.165) is 5.56 Å². The summed E-state index contributed by atoms with van der Waals surface area (Å²) < 4.78 is 46.5. The van der Waals surface area contributed by atoms with Gasteiger partial charge in [0.15, 0.2) is 0 Å². The Morgan fingerprint density at radius 1 is 1.11 bits per heavy atom. The van der Waals surface area contributed by atoms with Crippen molar-refractivity contribution in [2.45, 2.75) is 44.8 Å². The fourth-order valence-corrected chi connectivity index (χ4v) is 5.31. The molecule has 1 heterocycles. The largest absolute Gasteiger partial charge is 0.383 e. The highest BCUT2D eigenvalue weighted by Gasteiger charge is 2.26. The quantitative estimate of drug-likeness (QED) is 0.392. The monoisotopic (exact) mass is 501 g/mol. The molecule has 0 aliphatic carbocycles. The van der Waals surface area contributed by atoms with Gasteiger partial charge in [0.25, 0.3) is 5.91 Å². The second-order valence-electron chi connectivity index (χ2n) is 9.01. The molecule has 0 aliphatic heterocycles. The van der Waals surface area contributed by atoms with E-state index in [-0.39, 0.29) is 42.4 Å². The Morgan fingerprint density at radius 2 is 1.77 bits per heavy atom. The van der Waals surface area contributed by atoms with E-state index in [9.17, 15) is 17.6 Å². The first-order chi connectivity index (χ1) is 16.6. The lowest BCUT2D eigenvalue weighted by Gasteiger charge is -2.25. The third-order valence-corrected chi connectivity index (χ3v) is 7.09. The Kier molecular flexibility index (Phi) is 8.80. The van der Waals surface area contributed by atoms with E-state index < -0.39 is 15.7 Å². The van der Waals surface area contributed by atoms with Crippen LogP contribution in [0, 0.1) is 18.7 Å². The minimum atomic E-state index is -3.83. The predicted molar refractivity (Wildman–Crippen MR) is 132 cm³/mol. The van der Waals surface area contributed by atoms with Gasteiger partial charge < -0.3 is 14.2 Å². The third kappa shape index (κ3) is 6.99. The number of hydrogen-bond acceptors (Lipinski definition) is 5. The molecule has 1 aromatic heterocycles. The van der Waals surface area contributed by atoms with Gasteiger partial charge in [-0.1, -0.05) is 43.7 Å². The summed E-state index contributed by atoms with van der Waals surface area (Å²) in [5.74, 6) is -0.664. The minimum absolute atomic E-state index is 0.0962. The minimum Gasteiger partial charge on any atom is -0.383 e. The second kappa shape index (κ2) is 11.6. The van der Waals surface area contributed by atoms with Gasteiger partial charge in [-0.05, 0) is 42.7 Å². The number of rotatable bonds is 11. The van der Waals surface area contributed by atoms with Gasteiger partial charge in [-0.2, -0.15) is 0 Å². The molecule has 1 amide bonds. The highest BCUT2D eigenvalue weighted by molar-refractivity contribution is 7.90. The number of carbonyl (C=O) groups is 1. The lowest BCUT2D eigenvalue weighted by atomic mass is 10.1. The van der Waals surface area contributed by atoms with Crippen molar-refractivity contribution in [3.63, 3.8) is 0 Å². The number of halogens is 1. The molecule has 0 fully saturated rings. The van der Waals surface area contributed by atoms with Crippen molar-refractivity contribution < 1.29 is 22.3 Å². The van der Waals surface area contributed by atoms with Gasteiger partial charge in [-0.3, -0.25) is 4.79 Å². The van der Waals surface area contributed by atoms with Gasteiger partial charge in [-0.25, -0.2) is 17.8 Å². The first kappa shape index (κ1) is 26.6. The molecule has 0 aliphatic rings. The highest BCUT2D eigenvalue weighted by atomic mass is 32.2. The van der Waals surface area contributed by atoms with Crippen molar-refractivity contribution in [2.24, 2.45) is 5.92 Å². The van der Waals surface area contributed by atoms with Crippen LogP contribution in [0.15, 0.2) is 59.9 Å². The molecule has 0 radical (unpaired) electrons. The fourth-order valence-electron chi connectivity index (χ4n) is 3.79. The standard InChI is InChI=1S/C26H32FN3O4S/c1-19(2)16-29(25(31)22-9-5-20(3)6-10-22)17-24-15-28-26(30(24)13-14-34-4)35(32,33)18-21-7-11-23(27)12-8-21/h5-12,15,19H,13-14,16-18H2,1-4H3. The summed E-state index contributed by atoms with van der Waals surface area (Å²) in [6.45, 7) is 7.25. The zero-order chi connectivity index (χ0) is 25.6. The zero-order valence-corrected chi connectivity index (χ0v) is 21.4. The molecule has 7 nitrogen and oxygen atoms in total. The number of aromatic nitrogens is 2. The van der Waals surface area contributed by atoms with Crippen LogP contribution in [0.25, 0.3) is 0 Å². The number of benzene rings is 2. The molecule has 9 heteroatoms. The average Bonchev–Trinajstić information content (AvgIpc) is 3.21. The molecule has 3 aromatic rings. The lowest BCUT2D eigenvalue weighted by molar-refractivity contribution is 0.0717. The first-order valence-electron chi connectivity index (χ1n) is 11.5. The van der Waals surface area contributed by atoms with Crippen LogP contribution in [0.1, 0.15) is 41.0 Å². The Bertz CT molecular complexity index is 1240. The summed E-state index contributed by atoms with van der Waals surface area (Å²) in [5.41, 5.74) is 2.69. The number of nitrogens with zero attached hydrogens (tertiary/aromatic N) is 3. The van der Waals surface area contributed by atoms with E-state index in [1.54, 1.807) is 21.6 Å². The van der Waals surface area contributed by atoms with E-state index in [1.165, 1.54) is 37.6 Å². The number of sulfone groups is 1. The molecular formula is C26H32FN3O4S. The van der Waals surface area contributed by atoms with Crippen LogP contribution in [-0.4, -0.2) is 49.0 Å². The first-order valence-corrected chi connectivity index (χ1v) is 13.1. The summed E-state index contributed by atoms with van der Waals surface area (Å²) in [7, 11) is -2.30. The molecule has 0 spiro atoms. The number of ether oxygens (including phenoxy) is 1. The molecule has 188 valence electrons. The topological polar surface area (TPSA) is 81.5 Å². The number of aryl methyl sites for hydroxylation is 1. The summed E-state index contributed by atoms with van der Waals surface area (Å²) in [4.78, 5) is 19.3. The number of imidazole rings is 1. The molecule has 35 heavy (non-hydrogen) atoms. The van der Waals surface area contributed by atoms with Gasteiger partial charge in [0, 0.05) is 25.8 Å². The predicted octanol–water partition coefficient (Wildman–Crippen LogP) is 4.25. The van der Waals surface area contributed by atoms with Crippen molar-refractivity contribution >= 4 is 15.7 Å². The average molecular weight is 502 g/mol. The van der Waals surface area contributed by atoms with E-state index >= 15 is 0 Å². The van der Waals surface area contributed by atoms with Crippen molar-refractivity contribution in [2.75, 3.05) is 20.3 Å². The van der Waals surface area contributed by atoms with Crippen LogP contribution >= 0.6 is 0 Å². The number of amides is 1. The summed E-state index contributed by atoms with van der Waals surface area (Å²) in [6.07, 6.45) is 1.50. The molecule has 0 saturated heterocycles. The number of carbonyl (C=O) groups excluding carboxylic acids is 1. The Balaban J connectivity index is 1.94. The normalized spacial score (nSPS) is 11.7. The maximum absolute atomic E-state index is 13.3. The van der Waals surface area contributed by atoms with E-state index in [4.69, 9.17) is 4.74 Å². The van der Waals surface area contributed by atoms with Crippen molar-refractivity contribution in [3.8, 4) is 0 Å². The van der Waals surface area contributed by atoms with Crippen molar-refractivity contribution in [3.05, 3.63) is 82.9 Å². The Hall–Kier alpha value is -3.04. The molecule has 0 saturated carbocycles. The molecule has 3 rings (SSSR count). The fraction of sp³-hybridized carbons (Fsp3) is 0.385. The van der Waals surface area contributed by atoms with Crippen molar-refractivity contribution in [1.82, 2.24) is 14.5 Å². The van der Waals surface area contributed by atoms with Crippen molar-refractivity contribution in [1.29, 1.82) is 0 Å². The van der Waals surface area contributed by atoms with Gasteiger partial charge >= 0.3 is 0 Å². The smallest absolute Gasteiger partial charge is 0.254 e. The Morgan fingerprint density at radius 3 is 2.37 bits per heavy atom. The SMILES string of the molecule is COCCn1c(CN(CC(C)C)C(=O)c2ccc(C)cc2)cnc1S(=O)(=O)Cc1ccc(F)cc1. The third-order valence-electron chi connectivity index (χ3n) is 5.49. The molecule has 0 unspecified atom stereocenters. The van der Waals surface area contributed by atoms with E-state index in [0.29, 0.717) is 23.4 Å². The summed E-state index contributed by atoms with van der Waals surface area (Å²) in [5, 5.41) is -0.0962. The maximum Gasteiger partial charge on any atom is 0.254 e. The zero-order valence-electron chi connectivity index (χ0n) is 20.6. The van der Waals surface area contributed by atoms with Crippen LogP contribution in [-0.2, 0) is 33.4 Å². The van der Waals surface area contributed by atoms with Gasteiger partial charge in [0.05, 0.1) is 30.8 Å². The van der Waals surface area contributed by atoms with Crippen LogP contribution in [0.3, 0.4) is 0 Å². The van der Waals surface area contributed by atoms with Gasteiger partial charge in [0.2, 0.25) is 15.0 Å². The molecule has 2 aromatic carbocycles. The maximum atomic E-state index is 13.3. The molecule has 0 N–H and O–H groups in total. The van der Waals surface area contributed by atoms with Gasteiger partial charge in [0.1, 0.15) is 5.82 Å². The van der Waals surface area contributed by atoms with Crippen LogP contribution in [0.5, 0.6) is 0 Å². The number of methoxy groups -OCH3 is 1. The van der Waals surface area contributed by atoms with Crippen LogP contribution in [0.4, 0.5) is 4.39 Å². The van der Waals surface area contributed by atoms with Gasteiger partial charge in [-0.15, -0.1) is 0 Å². The molecular weight excluding hydrogens is 469 g/mol. The second-order valence-corrected chi connectivity index (χ2v) is 10.9. The lowest BCUT2D eigenvalue weighted by Crippen LogP contribution is -2.34.